The average molecular weight is 151 g/mol. The molecule has 0 atom stereocenters. The number of rotatable bonds is 0. The molecule has 42 valence electrons. The van der Waals surface area contributed by atoms with E-state index in [-0.39, 0.29) is 0 Å². The molecule has 1 fully saturated rings. The zero-order chi connectivity index (χ0) is 5.11. The van der Waals surface area contributed by atoms with Crippen LogP contribution in [0.15, 0.2) is 0 Å². The molecule has 0 aromatic rings. The number of hydrogen-bond acceptors (Lipinski definition) is 0. The minimum absolute atomic E-state index is 0.427. The third kappa shape index (κ3) is 1.97. The Hall–Kier alpha value is 0.724. The smallest absolute Gasteiger partial charge is 0.140 e. The summed E-state index contributed by atoms with van der Waals surface area (Å²) in [6.07, 6.45) is 0. The molecule has 0 aromatic carbocycles. The summed E-state index contributed by atoms with van der Waals surface area (Å²) in [7, 11) is -0.161. The summed E-state index contributed by atoms with van der Waals surface area (Å²) in [4.78, 5) is 0. The first-order valence-electron chi connectivity index (χ1n) is 3.03. The van der Waals surface area contributed by atoms with E-state index in [0.29, 0.717) is 9.52 Å². The summed E-state index contributed by atoms with van der Waals surface area (Å²) < 4.78 is 0. The van der Waals surface area contributed by atoms with Gasteiger partial charge in [0.15, 0.2) is 0 Å². The zero-order valence-electron chi connectivity index (χ0n) is 4.49. The Morgan fingerprint density at radius 3 is 2.14 bits per heavy atom. The van der Waals surface area contributed by atoms with Crippen LogP contribution >= 0.6 is 11.1 Å². The van der Waals surface area contributed by atoms with E-state index in [4.69, 9.17) is 11.1 Å². The van der Waals surface area contributed by atoms with Crippen LogP contribution in [0.4, 0.5) is 0 Å². The minimum Gasteiger partial charge on any atom is -0.172 e. The van der Waals surface area contributed by atoms with Gasteiger partial charge in [0.25, 0.3) is 0 Å². The summed E-state index contributed by atoms with van der Waals surface area (Å²) in [5.74, 6) is 0. The van der Waals surface area contributed by atoms with E-state index >= 15 is 0 Å². The molecular weight excluding hydrogens is 140 g/mol. The van der Waals surface area contributed by atoms with E-state index in [0.717, 1.165) is 0 Å². The highest BCUT2D eigenvalue weighted by Gasteiger charge is 2.10. The van der Waals surface area contributed by atoms with Gasteiger partial charge in [0, 0.05) is 9.52 Å². The maximum absolute atomic E-state index is 5.98. The van der Waals surface area contributed by atoms with Gasteiger partial charge in [-0.1, -0.05) is 12.1 Å². The second-order valence-corrected chi connectivity index (χ2v) is 8.56. The molecule has 0 amide bonds. The van der Waals surface area contributed by atoms with Crippen molar-refractivity contribution in [3.8, 4) is 0 Å². The van der Waals surface area contributed by atoms with Crippen molar-refractivity contribution in [2.24, 2.45) is 0 Å². The van der Waals surface area contributed by atoms with E-state index in [9.17, 15) is 0 Å². The fraction of sp³-hybridized carbons (Fsp3) is 1.00. The standard InChI is InChI=1S/C4H11ClSi2/c5-7-3-1-6-2-4-7/h7H,1-4,6H2. The van der Waals surface area contributed by atoms with Crippen molar-refractivity contribution in [2.75, 3.05) is 0 Å². The number of hydrogen-bond donors (Lipinski definition) is 0. The molecule has 1 heterocycles. The Balaban J connectivity index is 2.12. The van der Waals surface area contributed by atoms with Crippen LogP contribution in [0.1, 0.15) is 0 Å². The molecule has 0 unspecified atom stereocenters. The molecule has 3 heteroatoms. The third-order valence-corrected chi connectivity index (χ3v) is 8.36. The van der Waals surface area contributed by atoms with Crippen LogP contribution in [-0.2, 0) is 0 Å². The summed E-state index contributed by atoms with van der Waals surface area (Å²) in [5.41, 5.74) is 0. The molecule has 0 aromatic heterocycles. The van der Waals surface area contributed by atoms with Crippen LogP contribution in [-0.4, -0.2) is 17.6 Å². The average Bonchev–Trinajstić information content (AvgIpc) is 1.69. The van der Waals surface area contributed by atoms with Crippen molar-refractivity contribution in [1.29, 1.82) is 0 Å². The highest BCUT2D eigenvalue weighted by atomic mass is 35.6. The Morgan fingerprint density at radius 1 is 1.29 bits per heavy atom. The Labute approximate surface area is 53.4 Å². The van der Waals surface area contributed by atoms with Crippen LogP contribution in [0, 0.1) is 0 Å². The normalized spacial score (nSPS) is 36.4. The van der Waals surface area contributed by atoms with Crippen LogP contribution in [0.5, 0.6) is 0 Å². The topological polar surface area (TPSA) is 0 Å². The van der Waals surface area contributed by atoms with E-state index in [1.54, 1.807) is 12.1 Å². The SMILES string of the molecule is Cl[SiH]1CC[SiH2]CC1. The third-order valence-electron chi connectivity index (χ3n) is 1.53. The van der Waals surface area contributed by atoms with Crippen LogP contribution in [0.25, 0.3) is 0 Å². The quantitative estimate of drug-likeness (QED) is 0.357. The summed E-state index contributed by atoms with van der Waals surface area (Å²) in [6, 6.07) is 6.02. The molecule has 0 bridgehead atoms. The first kappa shape index (κ1) is 5.85. The van der Waals surface area contributed by atoms with Gasteiger partial charge in [-0.2, -0.15) is 11.1 Å². The van der Waals surface area contributed by atoms with E-state index in [1.807, 2.05) is 0 Å². The van der Waals surface area contributed by atoms with E-state index in [2.05, 4.69) is 0 Å². The van der Waals surface area contributed by atoms with Crippen molar-refractivity contribution in [1.82, 2.24) is 0 Å². The first-order valence-corrected chi connectivity index (χ1v) is 8.41. The molecule has 0 aliphatic carbocycles. The lowest BCUT2D eigenvalue weighted by Crippen LogP contribution is -2.11. The van der Waals surface area contributed by atoms with Gasteiger partial charge in [0.1, 0.15) is 8.11 Å². The maximum atomic E-state index is 5.98. The molecule has 1 aliphatic rings. The van der Waals surface area contributed by atoms with E-state index in [1.165, 1.54) is 12.1 Å². The van der Waals surface area contributed by atoms with Crippen molar-refractivity contribution in [3.05, 3.63) is 0 Å². The maximum Gasteiger partial charge on any atom is 0.140 e. The van der Waals surface area contributed by atoms with E-state index < -0.39 is 8.11 Å². The molecule has 0 N–H and O–H groups in total. The molecule has 0 spiro atoms. The highest BCUT2D eigenvalue weighted by Crippen LogP contribution is 2.16. The van der Waals surface area contributed by atoms with Gasteiger partial charge >= 0.3 is 0 Å². The fourth-order valence-corrected chi connectivity index (χ4v) is 10.3. The van der Waals surface area contributed by atoms with Crippen LogP contribution in [0.2, 0.25) is 24.2 Å². The molecule has 0 radical (unpaired) electrons. The first-order chi connectivity index (χ1) is 3.39. The van der Waals surface area contributed by atoms with Gasteiger partial charge in [-0.05, 0) is 12.1 Å². The minimum atomic E-state index is -0.588. The summed E-state index contributed by atoms with van der Waals surface area (Å²) in [6.45, 7) is 0. The highest BCUT2D eigenvalue weighted by molar-refractivity contribution is 7.07. The second kappa shape index (κ2) is 2.89. The lowest BCUT2D eigenvalue weighted by atomic mass is 10.9. The molecule has 1 rings (SSSR count). The van der Waals surface area contributed by atoms with Crippen molar-refractivity contribution >= 4 is 28.7 Å². The van der Waals surface area contributed by atoms with Crippen LogP contribution < -0.4 is 0 Å². The van der Waals surface area contributed by atoms with Crippen molar-refractivity contribution in [2.45, 2.75) is 24.2 Å². The molecular formula is C4H11ClSi2. The monoisotopic (exact) mass is 150 g/mol. The summed E-state index contributed by atoms with van der Waals surface area (Å²) >= 11 is 5.98. The Morgan fingerprint density at radius 2 is 1.86 bits per heavy atom. The molecule has 1 saturated heterocycles. The van der Waals surface area contributed by atoms with Gasteiger partial charge in [-0.25, -0.2) is 0 Å². The van der Waals surface area contributed by atoms with Gasteiger partial charge < -0.3 is 0 Å². The second-order valence-electron chi connectivity index (χ2n) is 2.24. The van der Waals surface area contributed by atoms with Gasteiger partial charge in [-0.15, -0.1) is 0 Å². The summed E-state index contributed by atoms with van der Waals surface area (Å²) in [5, 5.41) is 0. The lowest BCUT2D eigenvalue weighted by molar-refractivity contribution is 1.24. The Kier molecular flexibility index (Phi) is 2.42. The molecule has 1 aliphatic heterocycles. The van der Waals surface area contributed by atoms with Gasteiger partial charge in [-0.3, -0.25) is 0 Å². The number of halogens is 1. The van der Waals surface area contributed by atoms with Gasteiger partial charge in [0.2, 0.25) is 0 Å². The van der Waals surface area contributed by atoms with Crippen molar-refractivity contribution < 1.29 is 0 Å². The largest absolute Gasteiger partial charge is 0.172 e. The molecule has 7 heavy (non-hydrogen) atoms. The van der Waals surface area contributed by atoms with Gasteiger partial charge in [0.05, 0.1) is 0 Å². The zero-order valence-corrected chi connectivity index (χ0v) is 7.82. The Bertz CT molecular complexity index is 51.7. The predicted molar refractivity (Wildman–Crippen MR) is 40.8 cm³/mol. The molecule has 0 nitrogen and oxygen atoms in total. The fourth-order valence-electron chi connectivity index (χ4n) is 1.05. The van der Waals surface area contributed by atoms with Crippen molar-refractivity contribution in [3.63, 3.8) is 0 Å². The predicted octanol–water partition coefficient (Wildman–Crippen LogP) is 0.968. The molecule has 0 saturated carbocycles. The lowest BCUT2D eigenvalue weighted by Gasteiger charge is -2.11. The van der Waals surface area contributed by atoms with Crippen LogP contribution in [0.3, 0.4) is 0 Å².